The maximum atomic E-state index is 9.88. The van der Waals surface area contributed by atoms with Gasteiger partial charge in [-0.05, 0) is 32.5 Å². The predicted octanol–water partition coefficient (Wildman–Crippen LogP) is 2.40. The maximum Gasteiger partial charge on any atom is 0.138 e. The normalized spacial score (nSPS) is 14.2. The van der Waals surface area contributed by atoms with Gasteiger partial charge in [0, 0.05) is 25.7 Å². The number of para-hydroxylation sites is 1. The lowest BCUT2D eigenvalue weighted by Crippen LogP contribution is -2.38. The van der Waals surface area contributed by atoms with Gasteiger partial charge >= 0.3 is 0 Å². The van der Waals surface area contributed by atoms with Crippen molar-refractivity contribution in [2.45, 2.75) is 32.4 Å². The van der Waals surface area contributed by atoms with Gasteiger partial charge in [0.25, 0.3) is 0 Å². The van der Waals surface area contributed by atoms with Gasteiger partial charge in [0.15, 0.2) is 0 Å². The van der Waals surface area contributed by atoms with E-state index >= 15 is 0 Å². The molecule has 0 aliphatic carbocycles. The minimum atomic E-state index is -0.546. The summed E-state index contributed by atoms with van der Waals surface area (Å²) in [5.41, 5.74) is 0. The van der Waals surface area contributed by atoms with Gasteiger partial charge in [-0.2, -0.15) is 0 Å². The molecule has 1 aromatic carbocycles. The molecule has 0 fully saturated rings. The summed E-state index contributed by atoms with van der Waals surface area (Å²) in [5.74, 6) is 0.606. The molecule has 21 heavy (non-hydrogen) atoms. The number of hydrogen-bond acceptors (Lipinski definition) is 4. The van der Waals surface area contributed by atoms with E-state index < -0.39 is 6.10 Å². The second kappa shape index (κ2) is 10.0. The summed E-state index contributed by atoms with van der Waals surface area (Å²) in [4.78, 5) is 2.31. The van der Waals surface area contributed by atoms with Gasteiger partial charge in [-0.1, -0.05) is 30.7 Å². The SMILES string of the molecule is CCC(C)N(C)CCNCC(O)COc1ccccc1Cl. The van der Waals surface area contributed by atoms with Crippen molar-refractivity contribution in [2.24, 2.45) is 0 Å². The van der Waals surface area contributed by atoms with Crippen LogP contribution in [0, 0.1) is 0 Å². The molecule has 0 aromatic heterocycles. The van der Waals surface area contributed by atoms with Crippen molar-refractivity contribution in [1.82, 2.24) is 10.2 Å². The van der Waals surface area contributed by atoms with E-state index in [4.69, 9.17) is 16.3 Å². The topological polar surface area (TPSA) is 44.7 Å². The Bertz CT molecular complexity index is 404. The van der Waals surface area contributed by atoms with E-state index in [9.17, 15) is 5.11 Å². The Morgan fingerprint density at radius 3 is 2.76 bits per heavy atom. The lowest BCUT2D eigenvalue weighted by Gasteiger charge is -2.23. The fourth-order valence-electron chi connectivity index (χ4n) is 1.86. The highest BCUT2D eigenvalue weighted by Crippen LogP contribution is 2.22. The van der Waals surface area contributed by atoms with Crippen LogP contribution in [0.5, 0.6) is 5.75 Å². The van der Waals surface area contributed by atoms with Gasteiger partial charge in [0.05, 0.1) is 5.02 Å². The highest BCUT2D eigenvalue weighted by Gasteiger charge is 2.08. The molecule has 2 unspecified atom stereocenters. The first kappa shape index (κ1) is 18.2. The van der Waals surface area contributed by atoms with Gasteiger partial charge in [0.2, 0.25) is 0 Å². The van der Waals surface area contributed by atoms with Crippen molar-refractivity contribution >= 4 is 11.6 Å². The van der Waals surface area contributed by atoms with Gasteiger partial charge in [-0.3, -0.25) is 0 Å². The van der Waals surface area contributed by atoms with Gasteiger partial charge in [0.1, 0.15) is 18.5 Å². The van der Waals surface area contributed by atoms with E-state index in [1.54, 1.807) is 12.1 Å². The highest BCUT2D eigenvalue weighted by molar-refractivity contribution is 6.32. The van der Waals surface area contributed by atoms with Crippen molar-refractivity contribution in [3.05, 3.63) is 29.3 Å². The molecule has 1 aromatic rings. The van der Waals surface area contributed by atoms with Crippen molar-refractivity contribution < 1.29 is 9.84 Å². The molecule has 0 aliphatic rings. The molecule has 0 heterocycles. The average molecular weight is 315 g/mol. The second-order valence-corrected chi connectivity index (χ2v) is 5.74. The number of aliphatic hydroxyl groups excluding tert-OH is 1. The number of aliphatic hydroxyl groups is 1. The predicted molar refractivity (Wildman–Crippen MR) is 88.2 cm³/mol. The van der Waals surface area contributed by atoms with E-state index in [0.717, 1.165) is 19.5 Å². The van der Waals surface area contributed by atoms with E-state index in [1.807, 2.05) is 12.1 Å². The van der Waals surface area contributed by atoms with Crippen molar-refractivity contribution in [3.63, 3.8) is 0 Å². The fourth-order valence-corrected chi connectivity index (χ4v) is 2.05. The molecule has 120 valence electrons. The molecule has 4 nitrogen and oxygen atoms in total. The second-order valence-electron chi connectivity index (χ2n) is 5.34. The zero-order valence-electron chi connectivity index (χ0n) is 13.2. The minimum absolute atomic E-state index is 0.234. The largest absolute Gasteiger partial charge is 0.489 e. The molecule has 0 spiro atoms. The third kappa shape index (κ3) is 7.14. The van der Waals surface area contributed by atoms with Crippen molar-refractivity contribution in [3.8, 4) is 5.75 Å². The summed E-state index contributed by atoms with van der Waals surface area (Å²) in [6.45, 7) is 6.96. The molecule has 5 heteroatoms. The molecule has 0 radical (unpaired) electrons. The summed E-state index contributed by atoms with van der Waals surface area (Å²) in [7, 11) is 2.12. The number of nitrogens with zero attached hydrogens (tertiary/aromatic N) is 1. The van der Waals surface area contributed by atoms with E-state index in [2.05, 4.69) is 31.1 Å². The highest BCUT2D eigenvalue weighted by atomic mass is 35.5. The monoisotopic (exact) mass is 314 g/mol. The molecular formula is C16H27ClN2O2. The summed E-state index contributed by atoms with van der Waals surface area (Å²) in [6, 6.07) is 7.85. The van der Waals surface area contributed by atoms with Crippen molar-refractivity contribution in [2.75, 3.05) is 33.3 Å². The van der Waals surface area contributed by atoms with Crippen LogP contribution < -0.4 is 10.1 Å². The maximum absolute atomic E-state index is 9.88. The summed E-state index contributed by atoms with van der Waals surface area (Å²) < 4.78 is 5.50. The number of hydrogen-bond donors (Lipinski definition) is 2. The zero-order valence-corrected chi connectivity index (χ0v) is 13.9. The Hall–Kier alpha value is -0.810. The molecule has 0 bridgehead atoms. The molecule has 0 aliphatic heterocycles. The van der Waals surface area contributed by atoms with Crippen molar-refractivity contribution in [1.29, 1.82) is 0 Å². The smallest absolute Gasteiger partial charge is 0.138 e. The van der Waals surface area contributed by atoms with Gasteiger partial charge in [-0.15, -0.1) is 0 Å². The first-order valence-corrected chi connectivity index (χ1v) is 7.88. The van der Waals surface area contributed by atoms with Crippen LogP contribution in [-0.4, -0.2) is 55.4 Å². The summed E-state index contributed by atoms with van der Waals surface area (Å²) >= 11 is 5.98. The number of likely N-dealkylation sites (N-methyl/N-ethyl adjacent to an activating group) is 1. The number of rotatable bonds is 10. The number of benzene rings is 1. The molecular weight excluding hydrogens is 288 g/mol. The summed E-state index contributed by atoms with van der Waals surface area (Å²) in [6.07, 6.45) is 0.598. The Morgan fingerprint density at radius 2 is 2.10 bits per heavy atom. The Balaban J connectivity index is 2.14. The van der Waals surface area contributed by atoms with Crippen LogP contribution in [-0.2, 0) is 0 Å². The Labute approximate surface area is 133 Å². The third-order valence-electron chi connectivity index (χ3n) is 3.63. The number of nitrogens with one attached hydrogen (secondary N) is 1. The first-order chi connectivity index (χ1) is 10.0. The molecule has 2 atom stereocenters. The minimum Gasteiger partial charge on any atom is -0.489 e. The van der Waals surface area contributed by atoms with E-state index in [-0.39, 0.29) is 6.61 Å². The van der Waals surface area contributed by atoms with Gasteiger partial charge < -0.3 is 20.1 Å². The molecule has 0 saturated heterocycles. The quantitative estimate of drug-likeness (QED) is 0.651. The van der Waals surface area contributed by atoms with Crippen LogP contribution in [0.4, 0.5) is 0 Å². The summed E-state index contributed by atoms with van der Waals surface area (Å²) in [5, 5.41) is 13.7. The first-order valence-electron chi connectivity index (χ1n) is 7.51. The Kier molecular flexibility index (Phi) is 8.69. The van der Waals surface area contributed by atoms with E-state index in [0.29, 0.717) is 23.4 Å². The van der Waals surface area contributed by atoms with Crippen LogP contribution in [0.25, 0.3) is 0 Å². The third-order valence-corrected chi connectivity index (χ3v) is 3.94. The van der Waals surface area contributed by atoms with Crippen LogP contribution in [0.15, 0.2) is 24.3 Å². The lowest BCUT2D eigenvalue weighted by atomic mass is 10.2. The molecule has 2 N–H and O–H groups in total. The van der Waals surface area contributed by atoms with Gasteiger partial charge in [-0.25, -0.2) is 0 Å². The van der Waals surface area contributed by atoms with Crippen LogP contribution in [0.3, 0.4) is 0 Å². The zero-order chi connectivity index (χ0) is 15.7. The number of ether oxygens (including phenoxy) is 1. The molecule has 0 amide bonds. The van der Waals surface area contributed by atoms with Crippen LogP contribution in [0.2, 0.25) is 5.02 Å². The number of halogens is 1. The Morgan fingerprint density at radius 1 is 1.38 bits per heavy atom. The fraction of sp³-hybridized carbons (Fsp3) is 0.625. The van der Waals surface area contributed by atoms with Crippen LogP contribution >= 0.6 is 11.6 Å². The standard InChI is InChI=1S/C16H27ClN2O2/c1-4-13(2)19(3)10-9-18-11-14(20)12-21-16-8-6-5-7-15(16)17/h5-8,13-14,18,20H,4,9-12H2,1-3H3. The molecule has 0 saturated carbocycles. The van der Waals surface area contributed by atoms with Crippen LogP contribution in [0.1, 0.15) is 20.3 Å². The molecule has 1 rings (SSSR count). The average Bonchev–Trinajstić information content (AvgIpc) is 2.49. The lowest BCUT2D eigenvalue weighted by molar-refractivity contribution is 0.105. The van der Waals surface area contributed by atoms with E-state index in [1.165, 1.54) is 0 Å².